The van der Waals surface area contributed by atoms with Crippen molar-refractivity contribution in [2.24, 2.45) is 0 Å². The Morgan fingerprint density at radius 1 is 0.897 bits per heavy atom. The van der Waals surface area contributed by atoms with E-state index in [0.29, 0.717) is 0 Å². The molecule has 146 valence electrons. The van der Waals surface area contributed by atoms with Crippen molar-refractivity contribution >= 4 is 27.4 Å². The van der Waals surface area contributed by atoms with Crippen LogP contribution in [-0.4, -0.2) is 9.97 Å². The van der Waals surface area contributed by atoms with Crippen molar-refractivity contribution in [3.8, 4) is 0 Å². The molecular formula is C27H28N2. The molecule has 0 amide bonds. The van der Waals surface area contributed by atoms with E-state index >= 15 is 0 Å². The van der Waals surface area contributed by atoms with Gasteiger partial charge in [-0.2, -0.15) is 0 Å². The summed E-state index contributed by atoms with van der Waals surface area (Å²) in [5.41, 5.74) is 6.93. The fourth-order valence-electron chi connectivity index (χ4n) is 3.48. The first-order valence-corrected chi connectivity index (χ1v) is 10.1. The van der Waals surface area contributed by atoms with E-state index in [1.807, 2.05) is 30.6 Å². The zero-order valence-corrected chi connectivity index (χ0v) is 17.5. The molecule has 0 fully saturated rings. The van der Waals surface area contributed by atoms with E-state index in [1.165, 1.54) is 22.3 Å². The first-order valence-electron chi connectivity index (χ1n) is 10.1. The highest BCUT2D eigenvalue weighted by Crippen LogP contribution is 2.31. The van der Waals surface area contributed by atoms with Crippen LogP contribution in [0.1, 0.15) is 38.3 Å². The fourth-order valence-corrected chi connectivity index (χ4v) is 3.48. The van der Waals surface area contributed by atoms with Crippen molar-refractivity contribution < 1.29 is 0 Å². The second-order valence-electron chi connectivity index (χ2n) is 7.16. The molecule has 0 bridgehead atoms. The highest BCUT2D eigenvalue weighted by molar-refractivity contribution is 6.08. The smallest absolute Gasteiger partial charge is 0.0970 e. The van der Waals surface area contributed by atoms with Gasteiger partial charge in [-0.05, 0) is 55.5 Å². The Kier molecular flexibility index (Phi) is 6.91. The number of hydrogen-bond donors (Lipinski definition) is 0. The van der Waals surface area contributed by atoms with Crippen molar-refractivity contribution in [1.29, 1.82) is 0 Å². The van der Waals surface area contributed by atoms with Crippen LogP contribution in [-0.2, 0) is 6.42 Å². The molecule has 2 heteroatoms. The van der Waals surface area contributed by atoms with Crippen LogP contribution < -0.4 is 0 Å². The van der Waals surface area contributed by atoms with Gasteiger partial charge in [0, 0.05) is 23.2 Å². The largest absolute Gasteiger partial charge is 0.254 e. The number of aromatic nitrogens is 2. The van der Waals surface area contributed by atoms with E-state index in [1.54, 1.807) is 6.08 Å². The van der Waals surface area contributed by atoms with Crippen LogP contribution in [0.15, 0.2) is 91.3 Å². The first-order chi connectivity index (χ1) is 14.2. The van der Waals surface area contributed by atoms with E-state index in [-0.39, 0.29) is 0 Å². The molecule has 0 atom stereocenters. The van der Waals surface area contributed by atoms with Crippen molar-refractivity contribution in [3.05, 3.63) is 102 Å². The molecule has 1 aromatic carbocycles. The van der Waals surface area contributed by atoms with Gasteiger partial charge in [0.05, 0.1) is 11.0 Å². The molecular weight excluding hydrogens is 352 g/mol. The minimum atomic E-state index is 0.851. The molecule has 29 heavy (non-hydrogen) atoms. The lowest BCUT2D eigenvalue weighted by Gasteiger charge is -2.12. The quantitative estimate of drug-likeness (QED) is 0.315. The first kappa shape index (κ1) is 20.5. The summed E-state index contributed by atoms with van der Waals surface area (Å²) < 4.78 is 0. The summed E-state index contributed by atoms with van der Waals surface area (Å²) in [6.07, 6.45) is 20.0. The number of pyridine rings is 2. The van der Waals surface area contributed by atoms with Crippen molar-refractivity contribution in [2.45, 2.75) is 33.6 Å². The third-order valence-corrected chi connectivity index (χ3v) is 4.89. The van der Waals surface area contributed by atoms with Crippen LogP contribution in [0.3, 0.4) is 0 Å². The SMILES string of the molecule is C=C/C=C\C=C/Cc1ccnc2c1ccc1c(C(/C=C\CC)=C(C)C)ccnc12. The maximum atomic E-state index is 4.70. The van der Waals surface area contributed by atoms with Crippen LogP contribution in [0, 0.1) is 0 Å². The number of benzene rings is 1. The molecule has 0 unspecified atom stereocenters. The summed E-state index contributed by atoms with van der Waals surface area (Å²) in [4.78, 5) is 9.39. The molecule has 0 spiro atoms. The highest BCUT2D eigenvalue weighted by Gasteiger charge is 2.11. The van der Waals surface area contributed by atoms with Gasteiger partial charge in [-0.15, -0.1) is 0 Å². The molecule has 3 aromatic rings. The lowest BCUT2D eigenvalue weighted by atomic mass is 9.95. The molecule has 0 saturated carbocycles. The van der Waals surface area contributed by atoms with Crippen LogP contribution in [0.25, 0.3) is 27.4 Å². The molecule has 2 aromatic heterocycles. The average molecular weight is 381 g/mol. The second kappa shape index (κ2) is 9.79. The van der Waals surface area contributed by atoms with E-state index < -0.39 is 0 Å². The molecule has 0 aliphatic heterocycles. The summed E-state index contributed by atoms with van der Waals surface area (Å²) >= 11 is 0. The fraction of sp³-hybridized carbons (Fsp3) is 0.185. The lowest BCUT2D eigenvalue weighted by molar-refractivity contribution is 1.22. The highest BCUT2D eigenvalue weighted by atomic mass is 14.7. The molecule has 0 saturated heterocycles. The zero-order valence-electron chi connectivity index (χ0n) is 17.5. The van der Waals surface area contributed by atoms with Gasteiger partial charge in [0.15, 0.2) is 0 Å². The predicted molar refractivity (Wildman–Crippen MR) is 127 cm³/mol. The minimum Gasteiger partial charge on any atom is -0.254 e. The third-order valence-electron chi connectivity index (χ3n) is 4.89. The van der Waals surface area contributed by atoms with Crippen LogP contribution in [0.2, 0.25) is 0 Å². The van der Waals surface area contributed by atoms with Gasteiger partial charge in [-0.3, -0.25) is 9.97 Å². The Morgan fingerprint density at radius 2 is 1.62 bits per heavy atom. The molecule has 0 radical (unpaired) electrons. The molecule has 0 aliphatic rings. The lowest BCUT2D eigenvalue weighted by Crippen LogP contribution is -1.94. The summed E-state index contributed by atoms with van der Waals surface area (Å²) in [7, 11) is 0. The third kappa shape index (κ3) is 4.60. The Hall–Kier alpha value is -3.26. The number of fused-ring (bicyclic) bond motifs is 3. The number of allylic oxidation sites excluding steroid dienone is 9. The predicted octanol–water partition coefficient (Wildman–Crippen LogP) is 7.38. The monoisotopic (exact) mass is 380 g/mol. The number of hydrogen-bond acceptors (Lipinski definition) is 2. The van der Waals surface area contributed by atoms with Gasteiger partial charge in [0.2, 0.25) is 0 Å². The topological polar surface area (TPSA) is 25.8 Å². The zero-order chi connectivity index (χ0) is 20.6. The normalized spacial score (nSPS) is 12.0. The molecule has 3 rings (SSSR count). The summed E-state index contributed by atoms with van der Waals surface area (Å²) in [5, 5.41) is 2.30. The summed E-state index contributed by atoms with van der Waals surface area (Å²) in [5.74, 6) is 0. The van der Waals surface area contributed by atoms with E-state index in [2.05, 4.69) is 74.8 Å². The maximum Gasteiger partial charge on any atom is 0.0970 e. The van der Waals surface area contributed by atoms with Crippen molar-refractivity contribution in [1.82, 2.24) is 9.97 Å². The Labute approximate surface area is 173 Å². The van der Waals surface area contributed by atoms with Crippen LogP contribution >= 0.6 is 0 Å². The molecule has 0 aliphatic carbocycles. The summed E-state index contributed by atoms with van der Waals surface area (Å²) in [6, 6.07) is 8.57. The maximum absolute atomic E-state index is 4.70. The van der Waals surface area contributed by atoms with Gasteiger partial charge in [-0.1, -0.05) is 73.7 Å². The standard InChI is InChI=1S/C27H28N2/c1-5-7-9-10-11-12-21-16-18-28-26-23(21)14-15-25-24(17-19-29-27(25)26)22(20(3)4)13-8-6-2/h5,7-11,13-19H,1,6,12H2,2-4H3/b9-7-,11-10-,13-8-. The molecule has 2 nitrogen and oxygen atoms in total. The Morgan fingerprint density at radius 3 is 2.34 bits per heavy atom. The van der Waals surface area contributed by atoms with Gasteiger partial charge < -0.3 is 0 Å². The van der Waals surface area contributed by atoms with E-state index in [9.17, 15) is 0 Å². The Bertz CT molecular complexity index is 1140. The average Bonchev–Trinajstić information content (AvgIpc) is 2.73. The van der Waals surface area contributed by atoms with Gasteiger partial charge in [0.25, 0.3) is 0 Å². The van der Waals surface area contributed by atoms with E-state index in [0.717, 1.165) is 34.6 Å². The van der Waals surface area contributed by atoms with Gasteiger partial charge in [0.1, 0.15) is 0 Å². The number of nitrogens with zero attached hydrogens (tertiary/aromatic N) is 2. The second-order valence-corrected chi connectivity index (χ2v) is 7.16. The van der Waals surface area contributed by atoms with Crippen LogP contribution in [0.5, 0.6) is 0 Å². The van der Waals surface area contributed by atoms with E-state index in [4.69, 9.17) is 4.98 Å². The van der Waals surface area contributed by atoms with Gasteiger partial charge >= 0.3 is 0 Å². The summed E-state index contributed by atoms with van der Waals surface area (Å²) in [6.45, 7) is 10.2. The van der Waals surface area contributed by atoms with Crippen molar-refractivity contribution in [3.63, 3.8) is 0 Å². The minimum absolute atomic E-state index is 0.851. The molecule has 0 N–H and O–H groups in total. The van der Waals surface area contributed by atoms with Crippen molar-refractivity contribution in [2.75, 3.05) is 0 Å². The number of rotatable bonds is 7. The Balaban J connectivity index is 2.14. The molecule has 2 heterocycles. The van der Waals surface area contributed by atoms with Crippen LogP contribution in [0.4, 0.5) is 0 Å². The van der Waals surface area contributed by atoms with Gasteiger partial charge in [-0.25, -0.2) is 0 Å².